The lowest BCUT2D eigenvalue weighted by molar-refractivity contribution is -0.122. The zero-order chi connectivity index (χ0) is 16.8. The van der Waals surface area contributed by atoms with Crippen LogP contribution < -0.4 is 10.1 Å². The quantitative estimate of drug-likeness (QED) is 0.871. The molecule has 0 aromatic heterocycles. The Hall–Kier alpha value is -2.29. The Kier molecular flexibility index (Phi) is 5.80. The van der Waals surface area contributed by atoms with Crippen molar-refractivity contribution >= 4 is 5.91 Å². The molecule has 0 aliphatic heterocycles. The second kappa shape index (κ2) is 7.82. The molecule has 1 amide bonds. The molecule has 23 heavy (non-hydrogen) atoms. The summed E-state index contributed by atoms with van der Waals surface area (Å²) in [6.45, 7) is 6.59. The van der Waals surface area contributed by atoms with Gasteiger partial charge in [-0.15, -0.1) is 0 Å². The zero-order valence-electron chi connectivity index (χ0n) is 14.3. The van der Waals surface area contributed by atoms with Gasteiger partial charge in [-0.25, -0.2) is 0 Å². The SMILES string of the molecule is CCC(C(=O)NC)c1ccccc1COc1cc(C)ccc1C. The topological polar surface area (TPSA) is 38.3 Å². The lowest BCUT2D eigenvalue weighted by atomic mass is 9.91. The molecule has 0 fully saturated rings. The predicted octanol–water partition coefficient (Wildman–Crippen LogP) is 4.12. The van der Waals surface area contributed by atoms with E-state index in [1.165, 1.54) is 5.56 Å². The smallest absolute Gasteiger partial charge is 0.227 e. The van der Waals surface area contributed by atoms with E-state index in [1.807, 2.05) is 44.2 Å². The maximum atomic E-state index is 12.1. The van der Waals surface area contributed by atoms with Crippen LogP contribution in [0.5, 0.6) is 5.75 Å². The number of nitrogens with one attached hydrogen (secondary N) is 1. The largest absolute Gasteiger partial charge is 0.489 e. The first-order valence-electron chi connectivity index (χ1n) is 8.06. The second-order valence-electron chi connectivity index (χ2n) is 5.83. The second-order valence-corrected chi connectivity index (χ2v) is 5.83. The number of hydrogen-bond acceptors (Lipinski definition) is 2. The number of carbonyl (C=O) groups excluding carboxylic acids is 1. The molecule has 2 rings (SSSR count). The van der Waals surface area contributed by atoms with Crippen LogP contribution in [0.4, 0.5) is 0 Å². The van der Waals surface area contributed by atoms with E-state index in [9.17, 15) is 4.79 Å². The highest BCUT2D eigenvalue weighted by Gasteiger charge is 2.20. The molecule has 0 spiro atoms. The summed E-state index contributed by atoms with van der Waals surface area (Å²) in [4.78, 5) is 12.1. The van der Waals surface area contributed by atoms with Crippen molar-refractivity contribution in [2.75, 3.05) is 7.05 Å². The third-order valence-corrected chi connectivity index (χ3v) is 4.13. The maximum absolute atomic E-state index is 12.1. The van der Waals surface area contributed by atoms with Crippen LogP contribution in [0.1, 0.15) is 41.5 Å². The minimum Gasteiger partial charge on any atom is -0.489 e. The maximum Gasteiger partial charge on any atom is 0.227 e. The van der Waals surface area contributed by atoms with Gasteiger partial charge in [0, 0.05) is 7.05 Å². The van der Waals surface area contributed by atoms with Crippen molar-refractivity contribution in [3.8, 4) is 5.75 Å². The summed E-state index contributed by atoms with van der Waals surface area (Å²) in [5.41, 5.74) is 4.39. The van der Waals surface area contributed by atoms with Gasteiger partial charge in [0.05, 0.1) is 5.92 Å². The molecule has 3 heteroatoms. The number of benzene rings is 2. The Bertz CT molecular complexity index is 679. The van der Waals surface area contributed by atoms with Crippen LogP contribution in [0, 0.1) is 13.8 Å². The molecular formula is C20H25NO2. The van der Waals surface area contributed by atoms with Gasteiger partial charge in [-0.1, -0.05) is 43.3 Å². The fraction of sp³-hybridized carbons (Fsp3) is 0.350. The summed E-state index contributed by atoms with van der Waals surface area (Å²) < 4.78 is 6.02. The number of ether oxygens (including phenoxy) is 1. The van der Waals surface area contributed by atoms with Gasteiger partial charge in [0.15, 0.2) is 0 Å². The van der Waals surface area contributed by atoms with E-state index in [-0.39, 0.29) is 11.8 Å². The van der Waals surface area contributed by atoms with Gasteiger partial charge in [0.25, 0.3) is 0 Å². The molecule has 0 radical (unpaired) electrons. The van der Waals surface area contributed by atoms with Crippen LogP contribution in [0.15, 0.2) is 42.5 Å². The van der Waals surface area contributed by atoms with Gasteiger partial charge in [0.1, 0.15) is 12.4 Å². The number of rotatable bonds is 6. The number of carbonyl (C=O) groups is 1. The fourth-order valence-electron chi connectivity index (χ4n) is 2.74. The van der Waals surface area contributed by atoms with Crippen LogP contribution in [0.25, 0.3) is 0 Å². The molecular weight excluding hydrogens is 286 g/mol. The highest BCUT2D eigenvalue weighted by Crippen LogP contribution is 2.26. The summed E-state index contributed by atoms with van der Waals surface area (Å²) in [6, 6.07) is 14.2. The van der Waals surface area contributed by atoms with Crippen molar-refractivity contribution in [1.82, 2.24) is 5.32 Å². The van der Waals surface area contributed by atoms with Gasteiger partial charge in [-0.05, 0) is 48.6 Å². The third-order valence-electron chi connectivity index (χ3n) is 4.13. The van der Waals surface area contributed by atoms with Crippen molar-refractivity contribution in [1.29, 1.82) is 0 Å². The molecule has 0 saturated carbocycles. The van der Waals surface area contributed by atoms with Crippen LogP contribution in [-0.2, 0) is 11.4 Å². The normalized spacial score (nSPS) is 11.8. The van der Waals surface area contributed by atoms with Gasteiger partial charge in [-0.2, -0.15) is 0 Å². The minimum atomic E-state index is -0.140. The van der Waals surface area contributed by atoms with E-state index in [0.29, 0.717) is 6.61 Å². The number of aryl methyl sites for hydroxylation is 2. The number of amides is 1. The first-order chi connectivity index (χ1) is 11.1. The molecule has 2 aromatic rings. The van der Waals surface area contributed by atoms with Crippen molar-refractivity contribution < 1.29 is 9.53 Å². The summed E-state index contributed by atoms with van der Waals surface area (Å²) in [6.07, 6.45) is 0.764. The summed E-state index contributed by atoms with van der Waals surface area (Å²) in [5, 5.41) is 2.75. The first kappa shape index (κ1) is 17.1. The number of likely N-dealkylation sites (N-methyl/N-ethyl adjacent to an activating group) is 1. The molecule has 0 bridgehead atoms. The predicted molar refractivity (Wildman–Crippen MR) is 93.8 cm³/mol. The van der Waals surface area contributed by atoms with Crippen LogP contribution >= 0.6 is 0 Å². The van der Waals surface area contributed by atoms with Gasteiger partial charge in [0.2, 0.25) is 5.91 Å². The van der Waals surface area contributed by atoms with Gasteiger partial charge >= 0.3 is 0 Å². The average Bonchev–Trinajstić information content (AvgIpc) is 2.57. The lowest BCUT2D eigenvalue weighted by Gasteiger charge is -2.18. The van der Waals surface area contributed by atoms with E-state index < -0.39 is 0 Å². The summed E-state index contributed by atoms with van der Waals surface area (Å²) in [5.74, 6) is 0.804. The Morgan fingerprint density at radius 3 is 2.61 bits per heavy atom. The molecule has 122 valence electrons. The Morgan fingerprint density at radius 1 is 1.17 bits per heavy atom. The lowest BCUT2D eigenvalue weighted by Crippen LogP contribution is -2.26. The molecule has 2 aromatic carbocycles. The zero-order valence-corrected chi connectivity index (χ0v) is 14.3. The Labute approximate surface area is 138 Å². The average molecular weight is 311 g/mol. The first-order valence-corrected chi connectivity index (χ1v) is 8.06. The Morgan fingerprint density at radius 2 is 1.91 bits per heavy atom. The molecule has 0 saturated heterocycles. The van der Waals surface area contributed by atoms with Gasteiger partial charge in [-0.3, -0.25) is 4.79 Å². The summed E-state index contributed by atoms with van der Waals surface area (Å²) in [7, 11) is 1.68. The van der Waals surface area contributed by atoms with E-state index in [4.69, 9.17) is 4.74 Å². The van der Waals surface area contributed by atoms with Crippen LogP contribution in [0.3, 0.4) is 0 Å². The molecule has 0 aliphatic rings. The van der Waals surface area contributed by atoms with Crippen LogP contribution in [0.2, 0.25) is 0 Å². The van der Waals surface area contributed by atoms with Crippen LogP contribution in [-0.4, -0.2) is 13.0 Å². The monoisotopic (exact) mass is 311 g/mol. The minimum absolute atomic E-state index is 0.0479. The molecule has 0 aliphatic carbocycles. The highest BCUT2D eigenvalue weighted by molar-refractivity contribution is 5.83. The number of hydrogen-bond donors (Lipinski definition) is 1. The third kappa shape index (κ3) is 4.13. The summed E-state index contributed by atoms with van der Waals surface area (Å²) >= 11 is 0. The fourth-order valence-corrected chi connectivity index (χ4v) is 2.74. The van der Waals surface area contributed by atoms with E-state index in [1.54, 1.807) is 7.05 Å². The van der Waals surface area contributed by atoms with Crippen molar-refractivity contribution in [3.05, 3.63) is 64.7 Å². The van der Waals surface area contributed by atoms with Crippen molar-refractivity contribution in [3.63, 3.8) is 0 Å². The van der Waals surface area contributed by atoms with Crippen molar-refractivity contribution in [2.24, 2.45) is 0 Å². The van der Waals surface area contributed by atoms with Gasteiger partial charge < -0.3 is 10.1 Å². The Balaban J connectivity index is 2.23. The highest BCUT2D eigenvalue weighted by atomic mass is 16.5. The molecule has 0 heterocycles. The molecule has 3 nitrogen and oxygen atoms in total. The van der Waals surface area contributed by atoms with E-state index in [2.05, 4.69) is 24.4 Å². The standard InChI is InChI=1S/C20H25NO2/c1-5-17(20(22)21-4)18-9-7-6-8-16(18)13-23-19-12-14(2)10-11-15(19)3/h6-12,17H,5,13H2,1-4H3,(H,21,22). The van der Waals surface area contributed by atoms with Crippen molar-refractivity contribution in [2.45, 2.75) is 39.7 Å². The van der Waals surface area contributed by atoms with E-state index >= 15 is 0 Å². The molecule has 1 atom stereocenters. The van der Waals surface area contributed by atoms with E-state index in [0.717, 1.165) is 28.9 Å². The molecule has 1 N–H and O–H groups in total. The molecule has 1 unspecified atom stereocenters.